The Kier molecular flexibility index (Phi) is 42.6. The van der Waals surface area contributed by atoms with E-state index in [1.807, 2.05) is 133 Å². The highest BCUT2D eigenvalue weighted by Gasteiger charge is 2.53. The van der Waals surface area contributed by atoms with Gasteiger partial charge in [-0.05, 0) is 189 Å². The van der Waals surface area contributed by atoms with Crippen molar-refractivity contribution < 1.29 is 80.8 Å². The third kappa shape index (κ3) is 31.7. The van der Waals surface area contributed by atoms with E-state index in [4.69, 9.17) is 45.1 Å². The number of hydrogen-bond acceptors (Lipinski definition) is 17. The number of carbonyl (C=O) groups excluding carboxylic acids is 7. The Morgan fingerprint density at radius 1 is 0.311 bits per heavy atom. The Balaban J connectivity index is 0.000000510. The maximum atomic E-state index is 11.8. The van der Waals surface area contributed by atoms with Gasteiger partial charge in [0.25, 0.3) is 0 Å². The summed E-state index contributed by atoms with van der Waals surface area (Å²) in [7, 11) is 7.41. The number of methoxy groups -OCH3 is 2. The number of nitro groups is 1. The molecule has 0 amide bonds. The number of esters is 7. The number of aryl methyl sites for hydroxylation is 1. The van der Waals surface area contributed by atoms with Crippen molar-refractivity contribution in [3.8, 4) is 0 Å². The quantitative estimate of drug-likeness (QED) is 0.0276. The third-order valence-electron chi connectivity index (χ3n) is 23.3. The topological polar surface area (TPSA) is 241 Å². The van der Waals surface area contributed by atoms with Crippen LogP contribution in [0.1, 0.15) is 284 Å². The van der Waals surface area contributed by atoms with E-state index >= 15 is 0 Å². The molecule has 0 aliphatic heterocycles. The van der Waals surface area contributed by atoms with Crippen molar-refractivity contribution in [1.82, 2.24) is 0 Å². The Morgan fingerprint density at radius 2 is 0.417 bits per heavy atom. The third-order valence-corrected chi connectivity index (χ3v) is 23.3. The lowest BCUT2D eigenvalue weighted by atomic mass is 9.85. The fourth-order valence-corrected chi connectivity index (χ4v) is 18.2. The molecular weight excluding hydrogens is 1660 g/mol. The summed E-state index contributed by atoms with van der Waals surface area (Å²) >= 11 is 0. The van der Waals surface area contributed by atoms with Gasteiger partial charge in [-0.1, -0.05) is 304 Å². The lowest BCUT2D eigenvalue weighted by Crippen LogP contribution is -2.28. The Labute approximate surface area is 788 Å². The molecule has 7 aromatic rings. The molecule has 0 radical (unpaired) electrons. The van der Waals surface area contributed by atoms with Gasteiger partial charge in [0.05, 0.1) is 14.3 Å². The minimum atomic E-state index is -0.546. The lowest BCUT2D eigenvalue weighted by Gasteiger charge is -2.27. The number of hydrogen-bond donors (Lipinski definition) is 0. The summed E-state index contributed by atoms with van der Waals surface area (Å²) in [6, 6.07) is 59.5. The highest BCUT2D eigenvalue weighted by atomic mass is 19.1. The van der Waals surface area contributed by atoms with Crippen LogP contribution >= 0.6 is 0 Å². The zero-order valence-electron chi connectivity index (χ0n) is 84.9. The van der Waals surface area contributed by atoms with Crippen LogP contribution in [0.2, 0.25) is 0 Å². The number of halogens is 1. The molecule has 0 aromatic heterocycles. The summed E-state index contributed by atoms with van der Waals surface area (Å²) in [5.41, 5.74) is 15.2. The second kappa shape index (κ2) is 48.4. The smallest absolute Gasteiger partial charge is 0.333 e. The van der Waals surface area contributed by atoms with Crippen LogP contribution in [0.15, 0.2) is 249 Å². The molecule has 0 saturated heterocycles. The molecule has 0 heterocycles. The van der Waals surface area contributed by atoms with Crippen molar-refractivity contribution in [1.29, 1.82) is 0 Å². The average molecular weight is 1810 g/mol. The van der Waals surface area contributed by atoms with Crippen LogP contribution in [-0.4, -0.2) is 89.3 Å². The van der Waals surface area contributed by atoms with Gasteiger partial charge in [-0.25, -0.2) is 35.3 Å². The molecule has 0 saturated carbocycles. The molecule has 13 rings (SSSR count). The van der Waals surface area contributed by atoms with Crippen LogP contribution in [0.5, 0.6) is 0 Å². The van der Waals surface area contributed by atoms with Crippen molar-refractivity contribution >= 4 is 41.8 Å². The number of rotatable bonds is 12. The van der Waals surface area contributed by atoms with E-state index in [2.05, 4.69) is 229 Å². The summed E-state index contributed by atoms with van der Waals surface area (Å²) in [4.78, 5) is 91.5. The molecule has 19 nitrogen and oxygen atoms in total. The van der Waals surface area contributed by atoms with Crippen LogP contribution in [0.25, 0.3) is 4.85 Å². The van der Waals surface area contributed by atoms with E-state index in [9.17, 15) is 38.0 Å². The molecule has 7 aromatic carbocycles. The van der Waals surface area contributed by atoms with E-state index in [1.54, 1.807) is 55.8 Å². The number of ether oxygens (including phenoxy) is 8. The molecule has 0 fully saturated rings. The zero-order valence-corrected chi connectivity index (χ0v) is 84.9. The molecule has 0 N–H and O–H groups in total. The van der Waals surface area contributed by atoms with Crippen molar-refractivity contribution in [3.05, 3.63) is 343 Å². The largest absolute Gasteiger partial charge is 0.469 e. The molecule has 6 aliphatic carbocycles. The van der Waals surface area contributed by atoms with Gasteiger partial charge < -0.3 is 42.7 Å². The summed E-state index contributed by atoms with van der Waals surface area (Å²) in [6.07, 6.45) is 4.82. The Bertz CT molecular complexity index is 4570. The van der Waals surface area contributed by atoms with Crippen LogP contribution in [-0.2, 0) is 138 Å². The predicted molar refractivity (Wildman–Crippen MR) is 528 cm³/mol. The molecule has 6 aliphatic rings. The van der Waals surface area contributed by atoms with Crippen molar-refractivity contribution in [2.45, 2.75) is 285 Å². The van der Waals surface area contributed by atoms with E-state index in [-0.39, 0.29) is 74.3 Å². The molecule has 6 atom stereocenters. The van der Waals surface area contributed by atoms with Gasteiger partial charge in [-0.3, -0.25) is 19.3 Å². The highest BCUT2D eigenvalue weighted by molar-refractivity contribution is 5.90. The highest BCUT2D eigenvalue weighted by Crippen LogP contribution is 2.56. The fraction of sp³-hybridized carbons (Fsp3) is 0.446. The number of alkyl halides is 1. The maximum absolute atomic E-state index is 11.8. The van der Waals surface area contributed by atoms with Gasteiger partial charge in [0.2, 0.25) is 7.05 Å². The first kappa shape index (κ1) is 116. The van der Waals surface area contributed by atoms with Gasteiger partial charge in [0, 0.05) is 98.0 Å². The summed E-state index contributed by atoms with van der Waals surface area (Å²) in [5.74, 6) is -2.13. The first-order chi connectivity index (χ1) is 60.8. The summed E-state index contributed by atoms with van der Waals surface area (Å²) in [6.45, 7) is 79.4. The van der Waals surface area contributed by atoms with E-state index in [0.29, 0.717) is 40.6 Å². The fourth-order valence-electron chi connectivity index (χ4n) is 18.2. The molecule has 0 bridgehead atoms. The molecule has 0 spiro atoms. The zero-order chi connectivity index (χ0) is 102. The van der Waals surface area contributed by atoms with Gasteiger partial charge in [-0.2, -0.15) is 0 Å². The van der Waals surface area contributed by atoms with E-state index in [1.165, 1.54) is 60.0 Å². The SMILES string of the molecule is C=C(C)C(=O)OC1(C)CC(C)(C)c2ccccc21.C=C(C)C(=O)OC1(C)CC(C)(C)c2ccccc21.C=C(C)C(=O)OC1(C)CC(C)(C)c2ccccc21.C=C(C)C(=O)OC1(C)CC(C)(C)c2ccccc21.C=C(C)C(=O)OC1(C)CC(C)(C)c2ccccc21.C=C(C)C(=O)OC1(C)CC(C)(C)c2ccccc21.CF.COC.COC(C)=O.C[N+](=O)[O-].Cc1ccccc1.[C-]#[N+]C. The van der Waals surface area contributed by atoms with Crippen LogP contribution in [0, 0.1) is 23.6 Å². The first-order valence-corrected chi connectivity index (χ1v) is 43.9. The standard InChI is InChI=1S/6C16H20O2.C7H8.C3H6O2.C2H3N.C2H6O.CH3F.CH3NO2/c6*1-11(2)14(17)18-16(5)10-15(3,4)12-8-6-7-9-13(12)16;1-7-5-3-2-4-6-7;1-3(4)5-2;2*1-3-2;1-2;1-2(3)4/h6*6-9H,1,10H2,2-5H3;2-6H,1H3;1-2H3;1H3;1-2H3;1H3;1H3. The normalized spacial score (nSPS) is 21.2. The van der Waals surface area contributed by atoms with Gasteiger partial charge in [0.15, 0.2) is 7.05 Å². The molecule has 20 heteroatoms. The average Bonchev–Trinajstić information content (AvgIpc) is 1.63. The number of carbonyl (C=O) groups is 7. The second-order valence-corrected chi connectivity index (χ2v) is 39.5. The van der Waals surface area contributed by atoms with Gasteiger partial charge >= 0.3 is 41.8 Å². The van der Waals surface area contributed by atoms with Crippen LogP contribution in [0.4, 0.5) is 4.39 Å². The van der Waals surface area contributed by atoms with Crippen LogP contribution in [0.3, 0.4) is 0 Å². The van der Waals surface area contributed by atoms with E-state index < -0.39 is 38.5 Å². The number of benzene rings is 7. The molecular formula is C112H149FN2O17. The molecule has 716 valence electrons. The number of fused-ring (bicyclic) bond motifs is 6. The van der Waals surface area contributed by atoms with Crippen molar-refractivity contribution in [2.75, 3.05) is 42.6 Å². The Morgan fingerprint density at radius 3 is 0.508 bits per heavy atom. The monoisotopic (exact) mass is 1810 g/mol. The molecule has 6 unspecified atom stereocenters. The number of nitrogens with zero attached hydrogens (tertiary/aromatic N) is 2. The maximum Gasteiger partial charge on any atom is 0.333 e. The summed E-state index contributed by atoms with van der Waals surface area (Å²) < 4.78 is 52.0. The summed E-state index contributed by atoms with van der Waals surface area (Å²) in [5, 5.41) is 8.81. The second-order valence-electron chi connectivity index (χ2n) is 39.5. The predicted octanol–water partition coefficient (Wildman–Crippen LogP) is 25.7. The van der Waals surface area contributed by atoms with Crippen molar-refractivity contribution in [2.24, 2.45) is 0 Å². The van der Waals surface area contributed by atoms with Crippen molar-refractivity contribution in [3.63, 3.8) is 0 Å². The first-order valence-electron chi connectivity index (χ1n) is 43.9. The molecule has 132 heavy (non-hydrogen) atoms. The van der Waals surface area contributed by atoms with Gasteiger partial charge in [0.1, 0.15) is 33.6 Å². The van der Waals surface area contributed by atoms with Gasteiger partial charge in [-0.15, -0.1) is 0 Å². The Hall–Kier alpha value is -12.0. The van der Waals surface area contributed by atoms with Crippen LogP contribution < -0.4 is 0 Å². The van der Waals surface area contributed by atoms with E-state index in [0.717, 1.165) is 79.0 Å². The minimum absolute atomic E-state index is 0.0285. The minimum Gasteiger partial charge on any atom is -0.469 e. The lowest BCUT2D eigenvalue weighted by molar-refractivity contribution is -0.445.